The summed E-state index contributed by atoms with van der Waals surface area (Å²) in [6.07, 6.45) is 8.33. The lowest BCUT2D eigenvalue weighted by molar-refractivity contribution is -0.136. The highest BCUT2D eigenvalue weighted by molar-refractivity contribution is 7.81. The third-order valence-electron chi connectivity index (χ3n) is 2.45. The van der Waals surface area contributed by atoms with Crippen LogP contribution in [0.3, 0.4) is 0 Å². The molecule has 1 N–H and O–H groups in total. The van der Waals surface area contributed by atoms with Crippen LogP contribution in [0.2, 0.25) is 0 Å². The van der Waals surface area contributed by atoms with E-state index in [4.69, 9.17) is 5.11 Å². The summed E-state index contributed by atoms with van der Waals surface area (Å²) < 4.78 is 0. The van der Waals surface area contributed by atoms with Gasteiger partial charge in [-0.25, -0.2) is 0 Å². The van der Waals surface area contributed by atoms with E-state index >= 15 is 0 Å². The Hall–Kier alpha value is -1.03. The number of aryl methyl sites for hydroxylation is 1. The lowest BCUT2D eigenvalue weighted by atomic mass is 10.1. The standard InChI is InChI=1S/C12H17NO2S/c14-12(15)11(16)7-3-1-2-5-10-6-4-8-13-9-10/h4,6,8-9,11,16H,1-3,5,7H2,(H,14,15). The molecule has 0 aliphatic carbocycles. The summed E-state index contributed by atoms with van der Waals surface area (Å²) in [7, 11) is 0. The predicted molar refractivity (Wildman–Crippen MR) is 66.8 cm³/mol. The highest BCUT2D eigenvalue weighted by Crippen LogP contribution is 2.11. The monoisotopic (exact) mass is 239 g/mol. The van der Waals surface area contributed by atoms with Crippen LogP contribution in [0.15, 0.2) is 24.5 Å². The number of aromatic nitrogens is 1. The molecular formula is C12H17NO2S. The summed E-state index contributed by atoms with van der Waals surface area (Å²) in [6, 6.07) is 4.00. The Morgan fingerprint density at radius 3 is 2.88 bits per heavy atom. The topological polar surface area (TPSA) is 50.2 Å². The molecule has 16 heavy (non-hydrogen) atoms. The molecule has 0 radical (unpaired) electrons. The second-order valence-corrected chi connectivity index (χ2v) is 4.44. The average molecular weight is 239 g/mol. The molecule has 0 amide bonds. The van der Waals surface area contributed by atoms with Gasteiger partial charge in [0.25, 0.3) is 0 Å². The molecule has 1 atom stereocenters. The molecular weight excluding hydrogens is 222 g/mol. The molecule has 0 saturated heterocycles. The summed E-state index contributed by atoms with van der Waals surface area (Å²) in [4.78, 5) is 14.5. The fourth-order valence-electron chi connectivity index (χ4n) is 1.51. The van der Waals surface area contributed by atoms with Crippen molar-refractivity contribution in [3.8, 4) is 0 Å². The van der Waals surface area contributed by atoms with E-state index in [1.807, 2.05) is 12.3 Å². The number of carboxylic acid groups (broad SMARTS) is 1. The fraction of sp³-hybridized carbons (Fsp3) is 0.500. The van der Waals surface area contributed by atoms with Crippen LogP contribution in [-0.4, -0.2) is 21.3 Å². The number of carboxylic acids is 1. The first kappa shape index (κ1) is 13.0. The van der Waals surface area contributed by atoms with Gasteiger partial charge in [0.15, 0.2) is 0 Å². The molecule has 1 unspecified atom stereocenters. The quantitative estimate of drug-likeness (QED) is 0.568. The Labute approximate surface area is 101 Å². The van der Waals surface area contributed by atoms with Gasteiger partial charge in [-0.2, -0.15) is 12.6 Å². The van der Waals surface area contributed by atoms with Crippen LogP contribution in [0.1, 0.15) is 31.2 Å². The van der Waals surface area contributed by atoms with Crippen LogP contribution in [0.4, 0.5) is 0 Å². The van der Waals surface area contributed by atoms with Gasteiger partial charge < -0.3 is 5.11 Å². The number of nitrogens with zero attached hydrogens (tertiary/aromatic N) is 1. The molecule has 0 spiro atoms. The van der Waals surface area contributed by atoms with Gasteiger partial charge >= 0.3 is 5.97 Å². The lowest BCUT2D eigenvalue weighted by Gasteiger charge is -2.04. The first-order valence-corrected chi connectivity index (χ1v) is 6.01. The van der Waals surface area contributed by atoms with Crippen molar-refractivity contribution in [2.24, 2.45) is 0 Å². The van der Waals surface area contributed by atoms with Crippen molar-refractivity contribution in [2.75, 3.05) is 0 Å². The molecule has 0 fully saturated rings. The SMILES string of the molecule is O=C(O)C(S)CCCCCc1cccnc1. The zero-order valence-corrected chi connectivity index (χ0v) is 10.1. The third-order valence-corrected chi connectivity index (χ3v) is 2.93. The molecule has 1 rings (SSSR count). The van der Waals surface area contributed by atoms with Gasteiger partial charge in [0.2, 0.25) is 0 Å². The minimum Gasteiger partial charge on any atom is -0.480 e. The summed E-state index contributed by atoms with van der Waals surface area (Å²) in [6.45, 7) is 0. The van der Waals surface area contributed by atoms with Gasteiger partial charge in [0, 0.05) is 12.4 Å². The van der Waals surface area contributed by atoms with Crippen LogP contribution in [0.5, 0.6) is 0 Å². The van der Waals surface area contributed by atoms with Gasteiger partial charge in [-0.05, 0) is 30.9 Å². The normalized spacial score (nSPS) is 12.3. The summed E-state index contributed by atoms with van der Waals surface area (Å²) in [5.74, 6) is -0.824. The Balaban J connectivity index is 2.07. The minimum atomic E-state index is -0.824. The van der Waals surface area contributed by atoms with E-state index in [1.165, 1.54) is 5.56 Å². The van der Waals surface area contributed by atoms with Crippen LogP contribution < -0.4 is 0 Å². The molecule has 1 aromatic heterocycles. The van der Waals surface area contributed by atoms with Crippen molar-refractivity contribution in [2.45, 2.75) is 37.4 Å². The lowest BCUT2D eigenvalue weighted by Crippen LogP contribution is -2.12. The van der Waals surface area contributed by atoms with Gasteiger partial charge in [-0.15, -0.1) is 0 Å². The molecule has 1 heterocycles. The third kappa shape index (κ3) is 5.16. The smallest absolute Gasteiger partial charge is 0.316 e. The Bertz CT molecular complexity index is 316. The molecule has 3 nitrogen and oxygen atoms in total. The van der Waals surface area contributed by atoms with Gasteiger partial charge in [0.05, 0.1) is 5.25 Å². The van der Waals surface area contributed by atoms with Crippen LogP contribution in [0, 0.1) is 0 Å². The number of aliphatic carboxylic acids is 1. The Morgan fingerprint density at radius 1 is 1.44 bits per heavy atom. The zero-order chi connectivity index (χ0) is 11.8. The number of carbonyl (C=O) groups is 1. The second kappa shape index (κ2) is 7.28. The number of rotatable bonds is 7. The maximum atomic E-state index is 10.5. The summed E-state index contributed by atoms with van der Waals surface area (Å²) in [5.41, 5.74) is 1.24. The van der Waals surface area contributed by atoms with Gasteiger partial charge in [-0.3, -0.25) is 9.78 Å². The van der Waals surface area contributed by atoms with E-state index < -0.39 is 11.2 Å². The van der Waals surface area contributed by atoms with Crippen molar-refractivity contribution in [3.63, 3.8) is 0 Å². The minimum absolute atomic E-state index is 0.515. The molecule has 0 aliphatic heterocycles. The highest BCUT2D eigenvalue weighted by Gasteiger charge is 2.10. The number of hydrogen-bond acceptors (Lipinski definition) is 3. The summed E-state index contributed by atoms with van der Waals surface area (Å²) >= 11 is 3.99. The van der Waals surface area contributed by atoms with E-state index in [0.29, 0.717) is 6.42 Å². The van der Waals surface area contributed by atoms with Gasteiger partial charge in [-0.1, -0.05) is 18.9 Å². The van der Waals surface area contributed by atoms with Crippen molar-refractivity contribution in [3.05, 3.63) is 30.1 Å². The Kier molecular flexibility index (Phi) is 5.93. The molecule has 4 heteroatoms. The van der Waals surface area contributed by atoms with Crippen molar-refractivity contribution < 1.29 is 9.90 Å². The highest BCUT2D eigenvalue weighted by atomic mass is 32.1. The first-order valence-electron chi connectivity index (χ1n) is 5.50. The average Bonchev–Trinajstić information content (AvgIpc) is 2.29. The zero-order valence-electron chi connectivity index (χ0n) is 9.17. The van der Waals surface area contributed by atoms with Crippen LogP contribution in [-0.2, 0) is 11.2 Å². The van der Waals surface area contributed by atoms with E-state index in [-0.39, 0.29) is 0 Å². The maximum Gasteiger partial charge on any atom is 0.316 e. The number of hydrogen-bond donors (Lipinski definition) is 2. The molecule has 88 valence electrons. The Morgan fingerprint density at radius 2 is 2.25 bits per heavy atom. The predicted octanol–water partition coefficient (Wildman–Crippen LogP) is 2.57. The first-order chi connectivity index (χ1) is 7.70. The van der Waals surface area contributed by atoms with E-state index in [2.05, 4.69) is 23.7 Å². The van der Waals surface area contributed by atoms with E-state index in [0.717, 1.165) is 25.7 Å². The van der Waals surface area contributed by atoms with Gasteiger partial charge in [0.1, 0.15) is 0 Å². The number of thiol groups is 1. The van der Waals surface area contributed by atoms with Crippen molar-refractivity contribution in [1.29, 1.82) is 0 Å². The van der Waals surface area contributed by atoms with Crippen molar-refractivity contribution in [1.82, 2.24) is 4.98 Å². The van der Waals surface area contributed by atoms with Crippen LogP contribution in [0.25, 0.3) is 0 Å². The van der Waals surface area contributed by atoms with E-state index in [1.54, 1.807) is 6.20 Å². The summed E-state index contributed by atoms with van der Waals surface area (Å²) in [5, 5.41) is 8.12. The molecule has 0 aliphatic rings. The van der Waals surface area contributed by atoms with Crippen molar-refractivity contribution >= 4 is 18.6 Å². The second-order valence-electron chi connectivity index (χ2n) is 3.81. The van der Waals surface area contributed by atoms with E-state index in [9.17, 15) is 4.79 Å². The number of unbranched alkanes of at least 4 members (excludes halogenated alkanes) is 2. The molecule has 0 aromatic carbocycles. The fourth-order valence-corrected chi connectivity index (χ4v) is 1.70. The van der Waals surface area contributed by atoms with Crippen LogP contribution >= 0.6 is 12.6 Å². The molecule has 0 bridgehead atoms. The maximum absolute atomic E-state index is 10.5. The molecule has 1 aromatic rings. The number of pyridine rings is 1. The molecule has 0 saturated carbocycles. The largest absolute Gasteiger partial charge is 0.480 e.